The number of carbonyl (C=O) groups is 2. The largest absolute Gasteiger partial charge is 0.481 e. The van der Waals surface area contributed by atoms with Gasteiger partial charge in [-0.05, 0) is 23.8 Å². The van der Waals surface area contributed by atoms with Crippen molar-refractivity contribution in [2.45, 2.75) is 5.92 Å². The topological polar surface area (TPSA) is 101 Å². The van der Waals surface area contributed by atoms with Crippen LogP contribution in [-0.4, -0.2) is 54.3 Å². The number of fused-ring (bicyclic) bond motifs is 1. The summed E-state index contributed by atoms with van der Waals surface area (Å²) in [5, 5.41) is 9.55. The summed E-state index contributed by atoms with van der Waals surface area (Å²) in [5.74, 6) is -1.67. The number of amides is 1. The zero-order valence-corrected chi connectivity index (χ0v) is 13.2. The molecule has 2 atom stereocenters. The highest BCUT2D eigenvalue weighted by molar-refractivity contribution is 5.93. The molecule has 1 amide bonds. The molecule has 0 aliphatic carbocycles. The smallest absolute Gasteiger partial charge is 0.308 e. The van der Waals surface area contributed by atoms with Crippen LogP contribution in [0.15, 0.2) is 49.2 Å². The highest BCUT2D eigenvalue weighted by Crippen LogP contribution is 2.33. The second-order valence-corrected chi connectivity index (χ2v) is 6.00. The molecule has 0 unspecified atom stereocenters. The normalized spacial score (nSPS) is 20.1. The lowest BCUT2D eigenvalue weighted by atomic mass is 9.90. The van der Waals surface area contributed by atoms with E-state index < -0.39 is 11.9 Å². The molecule has 0 saturated carbocycles. The fourth-order valence-corrected chi connectivity index (χ4v) is 3.26. The van der Waals surface area contributed by atoms with Gasteiger partial charge in [-0.15, -0.1) is 0 Å². The van der Waals surface area contributed by atoms with E-state index in [9.17, 15) is 14.7 Å². The lowest BCUT2D eigenvalue weighted by molar-refractivity contribution is -0.141. The minimum absolute atomic E-state index is 0.155. The second kappa shape index (κ2) is 5.97. The van der Waals surface area contributed by atoms with E-state index in [0.717, 1.165) is 5.56 Å². The van der Waals surface area contributed by atoms with Crippen LogP contribution in [0.2, 0.25) is 0 Å². The van der Waals surface area contributed by atoms with Gasteiger partial charge in [0.1, 0.15) is 5.69 Å². The molecule has 0 radical (unpaired) electrons. The van der Waals surface area contributed by atoms with Gasteiger partial charge in [-0.2, -0.15) is 0 Å². The maximum Gasteiger partial charge on any atom is 0.308 e. The van der Waals surface area contributed by atoms with Crippen LogP contribution in [0.5, 0.6) is 0 Å². The minimum atomic E-state index is -0.909. The molecule has 4 rings (SSSR count). The molecule has 1 fully saturated rings. The Morgan fingerprint density at radius 2 is 1.96 bits per heavy atom. The zero-order valence-electron chi connectivity index (χ0n) is 13.2. The fraction of sp³-hybridized carbons (Fsp3) is 0.235. The monoisotopic (exact) mass is 337 g/mol. The van der Waals surface area contributed by atoms with Crippen molar-refractivity contribution in [1.29, 1.82) is 0 Å². The number of carboxylic acids is 1. The highest BCUT2D eigenvalue weighted by atomic mass is 16.4. The van der Waals surface area contributed by atoms with Crippen LogP contribution >= 0.6 is 0 Å². The summed E-state index contributed by atoms with van der Waals surface area (Å²) in [7, 11) is 0. The van der Waals surface area contributed by atoms with Gasteiger partial charge in [0.2, 0.25) is 5.78 Å². The van der Waals surface area contributed by atoms with Crippen LogP contribution in [-0.2, 0) is 4.79 Å². The fourth-order valence-electron chi connectivity index (χ4n) is 3.26. The van der Waals surface area contributed by atoms with Gasteiger partial charge >= 0.3 is 5.97 Å². The number of carboxylic acid groups (broad SMARTS) is 1. The molecule has 3 aromatic rings. The van der Waals surface area contributed by atoms with Crippen molar-refractivity contribution < 1.29 is 14.7 Å². The average Bonchev–Trinajstić information content (AvgIpc) is 3.26. The molecule has 4 heterocycles. The first-order chi connectivity index (χ1) is 12.1. The van der Waals surface area contributed by atoms with Crippen molar-refractivity contribution >= 4 is 17.7 Å². The van der Waals surface area contributed by atoms with E-state index in [-0.39, 0.29) is 24.1 Å². The van der Waals surface area contributed by atoms with Gasteiger partial charge in [0.05, 0.1) is 5.92 Å². The number of aliphatic carboxylic acids is 1. The molecule has 1 aliphatic heterocycles. The molecule has 1 saturated heterocycles. The summed E-state index contributed by atoms with van der Waals surface area (Å²) in [5.41, 5.74) is 1.13. The molecular weight excluding hydrogens is 322 g/mol. The van der Waals surface area contributed by atoms with Gasteiger partial charge in [-0.3, -0.25) is 19.0 Å². The van der Waals surface area contributed by atoms with E-state index in [4.69, 9.17) is 0 Å². The van der Waals surface area contributed by atoms with Gasteiger partial charge in [-0.1, -0.05) is 0 Å². The van der Waals surface area contributed by atoms with Crippen LogP contribution in [0, 0.1) is 5.92 Å². The summed E-state index contributed by atoms with van der Waals surface area (Å²) < 4.78 is 1.67. The number of imidazole rings is 1. The zero-order chi connectivity index (χ0) is 17.4. The first-order valence-corrected chi connectivity index (χ1v) is 7.85. The molecule has 0 aromatic carbocycles. The Kier molecular flexibility index (Phi) is 3.64. The molecule has 0 bridgehead atoms. The average molecular weight is 337 g/mol. The molecule has 1 aliphatic rings. The van der Waals surface area contributed by atoms with Crippen molar-refractivity contribution in [3.8, 4) is 0 Å². The van der Waals surface area contributed by atoms with Crippen molar-refractivity contribution in [2.75, 3.05) is 13.1 Å². The standard InChI is InChI=1S/C17H15N5O3/c23-15(14-10-21-7-1-4-19-17(21)20-14)22-8-12(13(9-22)16(24)25)11-2-5-18-6-3-11/h1-7,10,12-13H,8-9H2,(H,24,25)/t12-,13+/m0/s1. The Morgan fingerprint density at radius 1 is 1.16 bits per heavy atom. The second-order valence-electron chi connectivity index (χ2n) is 6.00. The predicted octanol–water partition coefficient (Wildman–Crippen LogP) is 1.06. The number of hydrogen-bond donors (Lipinski definition) is 1. The maximum absolute atomic E-state index is 12.8. The quantitative estimate of drug-likeness (QED) is 0.767. The van der Waals surface area contributed by atoms with Crippen molar-refractivity contribution in [3.05, 3.63) is 60.4 Å². The molecule has 126 valence electrons. The van der Waals surface area contributed by atoms with E-state index in [1.807, 2.05) is 0 Å². The third kappa shape index (κ3) is 2.71. The number of aromatic nitrogens is 4. The molecule has 0 spiro atoms. The number of pyridine rings is 1. The number of hydrogen-bond acceptors (Lipinski definition) is 5. The Labute approximate surface area is 142 Å². The number of carbonyl (C=O) groups excluding carboxylic acids is 1. The summed E-state index contributed by atoms with van der Waals surface area (Å²) in [6.07, 6.45) is 8.24. The highest BCUT2D eigenvalue weighted by Gasteiger charge is 2.41. The van der Waals surface area contributed by atoms with Crippen molar-refractivity contribution in [3.63, 3.8) is 0 Å². The van der Waals surface area contributed by atoms with Crippen LogP contribution in [0.3, 0.4) is 0 Å². The summed E-state index contributed by atoms with van der Waals surface area (Å²) in [4.78, 5) is 38.3. The third-order valence-electron chi connectivity index (χ3n) is 4.51. The Balaban J connectivity index is 1.62. The maximum atomic E-state index is 12.8. The van der Waals surface area contributed by atoms with E-state index in [1.54, 1.807) is 58.5 Å². The third-order valence-corrected chi connectivity index (χ3v) is 4.51. The Morgan fingerprint density at radius 3 is 2.68 bits per heavy atom. The minimum Gasteiger partial charge on any atom is -0.481 e. The van der Waals surface area contributed by atoms with Gasteiger partial charge in [0.15, 0.2) is 0 Å². The molecule has 25 heavy (non-hydrogen) atoms. The summed E-state index contributed by atoms with van der Waals surface area (Å²) in [6.45, 7) is 0.490. The predicted molar refractivity (Wildman–Crippen MR) is 87.0 cm³/mol. The van der Waals surface area contributed by atoms with E-state index in [0.29, 0.717) is 12.3 Å². The van der Waals surface area contributed by atoms with Gasteiger partial charge in [0.25, 0.3) is 5.91 Å². The van der Waals surface area contributed by atoms with E-state index in [2.05, 4.69) is 15.0 Å². The van der Waals surface area contributed by atoms with Crippen LogP contribution in [0.4, 0.5) is 0 Å². The van der Waals surface area contributed by atoms with Crippen molar-refractivity contribution in [1.82, 2.24) is 24.3 Å². The summed E-state index contributed by atoms with van der Waals surface area (Å²) >= 11 is 0. The molecule has 8 heteroatoms. The van der Waals surface area contributed by atoms with Crippen LogP contribution in [0.1, 0.15) is 22.0 Å². The number of rotatable bonds is 3. The van der Waals surface area contributed by atoms with E-state index >= 15 is 0 Å². The first-order valence-electron chi connectivity index (χ1n) is 7.85. The Hall–Kier alpha value is -3.29. The molecule has 8 nitrogen and oxygen atoms in total. The Bertz CT molecular complexity index is 907. The lowest BCUT2D eigenvalue weighted by Crippen LogP contribution is -2.30. The van der Waals surface area contributed by atoms with Gasteiger partial charge in [-0.25, -0.2) is 9.97 Å². The van der Waals surface area contributed by atoms with E-state index in [1.165, 1.54) is 0 Å². The molecule has 3 aromatic heterocycles. The number of likely N-dealkylation sites (tertiary alicyclic amines) is 1. The molecular formula is C17H15N5O3. The first kappa shape index (κ1) is 15.3. The van der Waals surface area contributed by atoms with Crippen LogP contribution < -0.4 is 0 Å². The van der Waals surface area contributed by atoms with Gasteiger partial charge in [0, 0.05) is 50.0 Å². The lowest BCUT2D eigenvalue weighted by Gasteiger charge is -2.15. The SMILES string of the molecule is O=C(O)[C@@H]1CN(C(=O)c2cn3cccnc3n2)C[C@H]1c1ccncc1. The van der Waals surface area contributed by atoms with Gasteiger partial charge < -0.3 is 10.0 Å². The molecule has 1 N–H and O–H groups in total. The van der Waals surface area contributed by atoms with Crippen LogP contribution in [0.25, 0.3) is 5.78 Å². The van der Waals surface area contributed by atoms with Crippen molar-refractivity contribution in [2.24, 2.45) is 5.92 Å². The summed E-state index contributed by atoms with van der Waals surface area (Å²) in [6, 6.07) is 5.34. The number of nitrogens with zero attached hydrogens (tertiary/aromatic N) is 5.